The number of carboxylic acid groups (broad SMARTS) is 1. The molecule has 1 aliphatic carbocycles. The highest BCUT2D eigenvalue weighted by Gasteiger charge is 2.30. The Labute approximate surface area is 231 Å². The maximum Gasteiger partial charge on any atom is 0.337 e. The molecule has 3 aromatic carbocycles. The second kappa shape index (κ2) is 9.80. The van der Waals surface area contributed by atoms with E-state index in [2.05, 4.69) is 0 Å². The lowest BCUT2D eigenvalue weighted by Gasteiger charge is -2.21. The lowest BCUT2D eigenvalue weighted by molar-refractivity contribution is 0.0697. The number of ketones is 1. The number of rotatable bonds is 5. The number of aromatic carboxylic acids is 1. The minimum atomic E-state index is -1.38. The molecule has 5 rings (SSSR count). The molecule has 1 aliphatic heterocycles. The molecule has 0 amide bonds. The van der Waals surface area contributed by atoms with E-state index < -0.39 is 11.4 Å². The molecule has 0 spiro atoms. The maximum absolute atomic E-state index is 12.8. The van der Waals surface area contributed by atoms with Crippen molar-refractivity contribution in [2.24, 2.45) is 0 Å². The van der Waals surface area contributed by atoms with E-state index in [0.29, 0.717) is 16.5 Å². The number of halogens is 3. The van der Waals surface area contributed by atoms with Crippen LogP contribution in [0.25, 0.3) is 44.5 Å². The lowest BCUT2D eigenvalue weighted by atomic mass is 9.87. The van der Waals surface area contributed by atoms with E-state index in [1.54, 1.807) is 37.3 Å². The summed E-state index contributed by atoms with van der Waals surface area (Å²) in [6, 6.07) is 15.8. The van der Waals surface area contributed by atoms with E-state index in [9.17, 15) is 24.6 Å². The number of aromatic hydroxyl groups is 1. The first kappa shape index (κ1) is 25.8. The zero-order valence-electron chi connectivity index (χ0n) is 19.6. The minimum absolute atomic E-state index is 0.0336. The Hall–Kier alpha value is -3.84. The summed E-state index contributed by atoms with van der Waals surface area (Å²) >= 11 is 19.4. The van der Waals surface area contributed by atoms with Gasteiger partial charge in [-0.3, -0.25) is 9.59 Å². The van der Waals surface area contributed by atoms with Crippen LogP contribution in [0.2, 0.25) is 15.1 Å². The first-order chi connectivity index (χ1) is 18.1. The molecule has 9 heteroatoms. The fourth-order valence-corrected chi connectivity index (χ4v) is 5.31. The average Bonchev–Trinajstić information content (AvgIpc) is 2.89. The van der Waals surface area contributed by atoms with Crippen molar-refractivity contribution >= 4 is 57.5 Å². The number of hydrogen-bond donors (Lipinski definition) is 2. The fraction of sp³-hybridized carbons (Fsp3) is 0.0690. The predicted molar refractivity (Wildman–Crippen MR) is 148 cm³/mol. The van der Waals surface area contributed by atoms with Crippen molar-refractivity contribution in [2.45, 2.75) is 13.3 Å². The SMILES string of the molecule is CCC(=O)c1cc(Cl)c(C(=O)O)c(-c2c3cc(Cl)c(=O)cc-3oc3cc(O)c(-c4ccccc4)cc23)c1Cl. The number of phenolic OH excluding ortho intramolecular Hbond substituents is 1. The van der Waals surface area contributed by atoms with Gasteiger partial charge < -0.3 is 14.6 Å². The number of carboxylic acids is 1. The summed E-state index contributed by atoms with van der Waals surface area (Å²) in [6.45, 7) is 1.65. The molecule has 6 nitrogen and oxygen atoms in total. The normalized spacial score (nSPS) is 11.3. The fourth-order valence-electron chi connectivity index (χ4n) is 4.51. The zero-order chi connectivity index (χ0) is 27.3. The van der Waals surface area contributed by atoms with Crippen LogP contribution in [0.3, 0.4) is 0 Å². The minimum Gasteiger partial charge on any atom is -0.507 e. The molecule has 38 heavy (non-hydrogen) atoms. The molecule has 0 fully saturated rings. The summed E-state index contributed by atoms with van der Waals surface area (Å²) in [4.78, 5) is 37.6. The van der Waals surface area contributed by atoms with Gasteiger partial charge in [0.2, 0.25) is 5.43 Å². The van der Waals surface area contributed by atoms with Crippen molar-refractivity contribution in [3.05, 3.63) is 97.1 Å². The number of carbonyl (C=O) groups is 2. The first-order valence-corrected chi connectivity index (χ1v) is 12.5. The molecule has 0 saturated carbocycles. The molecule has 0 bridgehead atoms. The van der Waals surface area contributed by atoms with E-state index in [4.69, 9.17) is 39.2 Å². The molecule has 1 heterocycles. The Morgan fingerprint density at radius 1 is 0.895 bits per heavy atom. The Bertz CT molecular complexity index is 1810. The van der Waals surface area contributed by atoms with Crippen molar-refractivity contribution in [1.82, 2.24) is 0 Å². The van der Waals surface area contributed by atoms with Crippen LogP contribution in [-0.2, 0) is 0 Å². The van der Waals surface area contributed by atoms with Gasteiger partial charge in [-0.1, -0.05) is 72.1 Å². The van der Waals surface area contributed by atoms with Crippen LogP contribution in [0.4, 0.5) is 0 Å². The van der Waals surface area contributed by atoms with Crippen molar-refractivity contribution in [2.75, 3.05) is 0 Å². The summed E-state index contributed by atoms with van der Waals surface area (Å²) in [5.74, 6) is -1.75. The first-order valence-electron chi connectivity index (χ1n) is 11.4. The Balaban J connectivity index is 2.05. The van der Waals surface area contributed by atoms with Crippen LogP contribution in [0.5, 0.6) is 5.75 Å². The van der Waals surface area contributed by atoms with Gasteiger partial charge in [-0.05, 0) is 23.8 Å². The van der Waals surface area contributed by atoms with Crippen LogP contribution >= 0.6 is 34.8 Å². The van der Waals surface area contributed by atoms with Gasteiger partial charge in [-0.25, -0.2) is 4.79 Å². The van der Waals surface area contributed by atoms with Gasteiger partial charge in [0.05, 0.1) is 20.6 Å². The average molecular weight is 568 g/mol. The summed E-state index contributed by atoms with van der Waals surface area (Å²) in [6.07, 6.45) is 0.102. The van der Waals surface area contributed by atoms with E-state index in [-0.39, 0.29) is 72.2 Å². The van der Waals surface area contributed by atoms with Gasteiger partial charge in [0.1, 0.15) is 17.1 Å². The van der Waals surface area contributed by atoms with E-state index >= 15 is 0 Å². The molecular weight excluding hydrogens is 551 g/mol. The molecule has 2 N–H and O–H groups in total. The van der Waals surface area contributed by atoms with Crippen LogP contribution in [0.1, 0.15) is 34.1 Å². The third-order valence-electron chi connectivity index (χ3n) is 6.28. The van der Waals surface area contributed by atoms with Gasteiger partial charge in [0.15, 0.2) is 5.78 Å². The summed E-state index contributed by atoms with van der Waals surface area (Å²) in [7, 11) is 0. The predicted octanol–water partition coefficient (Wildman–Crippen LogP) is 8.19. The van der Waals surface area contributed by atoms with Crippen molar-refractivity contribution in [1.29, 1.82) is 0 Å². The van der Waals surface area contributed by atoms with Crippen molar-refractivity contribution in [3.8, 4) is 39.3 Å². The summed E-state index contributed by atoms with van der Waals surface area (Å²) in [5.41, 5.74) is 0.920. The Morgan fingerprint density at radius 3 is 2.26 bits per heavy atom. The van der Waals surface area contributed by atoms with Crippen LogP contribution in [0.15, 0.2) is 69.9 Å². The summed E-state index contributed by atoms with van der Waals surface area (Å²) in [5, 5.41) is 20.9. The smallest absolute Gasteiger partial charge is 0.337 e. The number of Topliss-reactive ketones (excluding diaryl/α,β-unsaturated/α-hetero) is 1. The van der Waals surface area contributed by atoms with Gasteiger partial charge in [-0.15, -0.1) is 0 Å². The molecule has 0 unspecified atom stereocenters. The number of phenols is 1. The Kier molecular flexibility index (Phi) is 6.65. The second-order valence-electron chi connectivity index (χ2n) is 8.54. The van der Waals surface area contributed by atoms with Crippen LogP contribution < -0.4 is 5.43 Å². The number of benzene rings is 4. The molecule has 0 atom stereocenters. The standard InChI is InChI=1S/C29H17Cl3O6/c1-2-20(33)15-9-19(31)26(29(36)37)27(28(15)32)25-16-8-14(13-6-4-3-5-7-13)21(34)11-23(16)38-24-12-22(35)18(30)10-17(24)25/h3-12,34H,2H2,1H3,(H,36,37). The Morgan fingerprint density at radius 2 is 1.61 bits per heavy atom. The highest BCUT2D eigenvalue weighted by atomic mass is 35.5. The van der Waals surface area contributed by atoms with Crippen LogP contribution in [-0.4, -0.2) is 22.0 Å². The third kappa shape index (κ3) is 4.21. The molecular formula is C29H17Cl3O6. The largest absolute Gasteiger partial charge is 0.507 e. The van der Waals surface area contributed by atoms with Gasteiger partial charge in [0.25, 0.3) is 0 Å². The molecule has 3 aromatic rings. The monoisotopic (exact) mass is 566 g/mol. The van der Waals surface area contributed by atoms with E-state index in [1.165, 1.54) is 24.3 Å². The van der Waals surface area contributed by atoms with Gasteiger partial charge >= 0.3 is 5.97 Å². The van der Waals surface area contributed by atoms with Crippen molar-refractivity contribution in [3.63, 3.8) is 0 Å². The molecule has 190 valence electrons. The zero-order valence-corrected chi connectivity index (χ0v) is 21.9. The van der Waals surface area contributed by atoms with E-state index in [1.807, 2.05) is 6.07 Å². The molecule has 0 radical (unpaired) electrons. The summed E-state index contributed by atoms with van der Waals surface area (Å²) < 4.78 is 5.98. The number of carbonyl (C=O) groups excluding carboxylic acids is 1. The quantitative estimate of drug-likeness (QED) is 0.164. The second-order valence-corrected chi connectivity index (χ2v) is 9.73. The highest BCUT2D eigenvalue weighted by molar-refractivity contribution is 6.41. The topological polar surface area (TPSA) is 105 Å². The maximum atomic E-state index is 12.8. The highest BCUT2D eigenvalue weighted by Crippen LogP contribution is 2.49. The van der Waals surface area contributed by atoms with Crippen LogP contribution in [0, 0.1) is 0 Å². The lowest BCUT2D eigenvalue weighted by Crippen LogP contribution is -2.09. The van der Waals surface area contributed by atoms with Crippen molar-refractivity contribution < 1.29 is 24.2 Å². The number of hydrogen-bond acceptors (Lipinski definition) is 5. The number of fused-ring (bicyclic) bond motifs is 2. The van der Waals surface area contributed by atoms with E-state index in [0.717, 1.165) is 0 Å². The molecule has 0 saturated heterocycles. The molecule has 0 aromatic heterocycles. The molecule has 2 aliphatic rings. The third-order valence-corrected chi connectivity index (χ3v) is 7.26. The van der Waals surface area contributed by atoms with Gasteiger partial charge in [0, 0.05) is 51.8 Å². The van der Waals surface area contributed by atoms with Gasteiger partial charge in [-0.2, -0.15) is 0 Å².